The van der Waals surface area contributed by atoms with Gasteiger partial charge in [-0.3, -0.25) is 4.79 Å². The minimum Gasteiger partial charge on any atom is -0.466 e. The minimum atomic E-state index is -0.109. The Balaban J connectivity index is 3.77. The summed E-state index contributed by atoms with van der Waals surface area (Å²) in [6.45, 7) is 8.58. The molecule has 0 aliphatic rings. The molecule has 0 fully saturated rings. The molecule has 0 heterocycles. The molecule has 2 nitrogen and oxygen atoms in total. The largest absolute Gasteiger partial charge is 0.466 e. The number of rotatable bonds is 6. The van der Waals surface area contributed by atoms with E-state index in [1.54, 1.807) is 0 Å². The molecular formula is C13H22O2. The van der Waals surface area contributed by atoms with Gasteiger partial charge in [0.05, 0.1) is 6.61 Å². The van der Waals surface area contributed by atoms with Crippen LogP contribution in [-0.4, -0.2) is 12.6 Å². The van der Waals surface area contributed by atoms with Crippen molar-refractivity contribution in [1.82, 2.24) is 0 Å². The van der Waals surface area contributed by atoms with Crippen LogP contribution >= 0.6 is 0 Å². The summed E-state index contributed by atoms with van der Waals surface area (Å²) in [6.07, 6.45) is 6.51. The number of carbonyl (C=O) groups is 1. The summed E-state index contributed by atoms with van der Waals surface area (Å²) in [6, 6.07) is 0. The molecule has 2 heteroatoms. The predicted octanol–water partition coefficient (Wildman–Crippen LogP) is 3.63. The Bertz CT molecular complexity index is 249. The van der Waals surface area contributed by atoms with Crippen molar-refractivity contribution in [1.29, 1.82) is 0 Å². The lowest BCUT2D eigenvalue weighted by atomic mass is 10.1. The van der Waals surface area contributed by atoms with Crippen LogP contribution in [0, 0.1) is 0 Å². The van der Waals surface area contributed by atoms with Crippen molar-refractivity contribution < 1.29 is 9.53 Å². The molecule has 0 aliphatic carbocycles. The van der Waals surface area contributed by atoms with E-state index >= 15 is 0 Å². The van der Waals surface area contributed by atoms with E-state index in [4.69, 9.17) is 4.74 Å². The molecule has 0 saturated carbocycles. The van der Waals surface area contributed by atoms with Gasteiger partial charge in [0.1, 0.15) is 0 Å². The van der Waals surface area contributed by atoms with Gasteiger partial charge in [0.2, 0.25) is 0 Å². The summed E-state index contributed by atoms with van der Waals surface area (Å²) in [5, 5.41) is 0. The van der Waals surface area contributed by atoms with Gasteiger partial charge in [-0.15, -0.1) is 0 Å². The summed E-state index contributed by atoms with van der Waals surface area (Å²) in [4.78, 5) is 10.8. The van der Waals surface area contributed by atoms with Crippen LogP contribution in [0.15, 0.2) is 23.3 Å². The second kappa shape index (κ2) is 8.27. The van der Waals surface area contributed by atoms with Crippen LogP contribution in [0.2, 0.25) is 0 Å². The maximum atomic E-state index is 10.8. The van der Waals surface area contributed by atoms with Gasteiger partial charge in [0.25, 0.3) is 0 Å². The van der Waals surface area contributed by atoms with E-state index in [1.165, 1.54) is 11.1 Å². The van der Waals surface area contributed by atoms with Gasteiger partial charge in [-0.1, -0.05) is 30.2 Å². The lowest BCUT2D eigenvalue weighted by Gasteiger charge is -2.05. The van der Waals surface area contributed by atoms with E-state index < -0.39 is 0 Å². The maximum absolute atomic E-state index is 10.8. The zero-order valence-corrected chi connectivity index (χ0v) is 10.3. The number of esters is 1. The number of allylic oxidation sites excluding steroid dienone is 4. The second-order valence-corrected chi connectivity index (χ2v) is 3.64. The molecule has 0 spiro atoms. The third-order valence-electron chi connectivity index (χ3n) is 2.34. The van der Waals surface area contributed by atoms with Crippen LogP contribution in [-0.2, 0) is 9.53 Å². The Labute approximate surface area is 93.0 Å². The summed E-state index contributed by atoms with van der Waals surface area (Å²) in [5.41, 5.74) is 2.67. The number of hydrogen-bond acceptors (Lipinski definition) is 2. The Morgan fingerprint density at radius 3 is 2.53 bits per heavy atom. The van der Waals surface area contributed by atoms with Crippen molar-refractivity contribution in [2.75, 3.05) is 6.61 Å². The fraction of sp³-hybridized carbons (Fsp3) is 0.615. The average molecular weight is 210 g/mol. The molecule has 0 atom stereocenters. The molecule has 0 amide bonds. The Morgan fingerprint density at radius 1 is 1.33 bits per heavy atom. The van der Waals surface area contributed by atoms with Crippen LogP contribution < -0.4 is 0 Å². The molecule has 0 radical (unpaired) electrons. The van der Waals surface area contributed by atoms with E-state index in [-0.39, 0.29) is 5.97 Å². The quantitative estimate of drug-likeness (QED) is 0.380. The molecule has 86 valence electrons. The molecule has 0 N–H and O–H groups in total. The molecule has 0 bridgehead atoms. The first-order valence-electron chi connectivity index (χ1n) is 5.56. The zero-order valence-electron chi connectivity index (χ0n) is 10.3. The van der Waals surface area contributed by atoms with E-state index in [0.717, 1.165) is 12.8 Å². The van der Waals surface area contributed by atoms with Crippen LogP contribution in [0.4, 0.5) is 0 Å². The first kappa shape index (κ1) is 13.9. The normalized spacial score (nSPS) is 12.8. The van der Waals surface area contributed by atoms with Crippen molar-refractivity contribution in [3.8, 4) is 0 Å². The highest BCUT2D eigenvalue weighted by Crippen LogP contribution is 2.11. The Kier molecular flexibility index (Phi) is 7.69. The topological polar surface area (TPSA) is 26.3 Å². The van der Waals surface area contributed by atoms with Gasteiger partial charge in [0.15, 0.2) is 0 Å². The molecule has 15 heavy (non-hydrogen) atoms. The highest BCUT2D eigenvalue weighted by Gasteiger charge is 1.98. The first-order chi connectivity index (χ1) is 7.11. The third-order valence-corrected chi connectivity index (χ3v) is 2.34. The number of carbonyl (C=O) groups excluding carboxylic acids is 1. The highest BCUT2D eigenvalue weighted by atomic mass is 16.5. The number of hydrogen-bond donors (Lipinski definition) is 0. The van der Waals surface area contributed by atoms with E-state index in [9.17, 15) is 4.79 Å². The fourth-order valence-corrected chi connectivity index (χ4v) is 1.21. The smallest absolute Gasteiger partial charge is 0.305 e. The molecular weight excluding hydrogens is 188 g/mol. The monoisotopic (exact) mass is 210 g/mol. The summed E-state index contributed by atoms with van der Waals surface area (Å²) < 4.78 is 5.00. The summed E-state index contributed by atoms with van der Waals surface area (Å²) in [7, 11) is 0. The summed E-state index contributed by atoms with van der Waals surface area (Å²) >= 11 is 0. The third kappa shape index (κ3) is 6.95. The van der Waals surface area contributed by atoms with Crippen molar-refractivity contribution in [2.45, 2.75) is 47.0 Å². The van der Waals surface area contributed by atoms with Crippen LogP contribution in [0.1, 0.15) is 47.0 Å². The minimum absolute atomic E-state index is 0.109. The molecule has 0 aliphatic heterocycles. The van der Waals surface area contributed by atoms with Gasteiger partial charge in [-0.25, -0.2) is 0 Å². The standard InChI is InChI=1S/C13H22O2/c1-5-8-11(3)12(4)9-7-10-15-13(14)6-2/h5,8H,6-7,9-10H2,1-4H3/b8-5+,12-11+. The van der Waals surface area contributed by atoms with Gasteiger partial charge in [0, 0.05) is 6.42 Å². The van der Waals surface area contributed by atoms with Crippen LogP contribution in [0.3, 0.4) is 0 Å². The number of ether oxygens (including phenoxy) is 1. The van der Waals surface area contributed by atoms with E-state index in [0.29, 0.717) is 13.0 Å². The van der Waals surface area contributed by atoms with E-state index in [1.807, 2.05) is 19.9 Å². The lowest BCUT2D eigenvalue weighted by Crippen LogP contribution is -2.03. The molecule has 0 unspecified atom stereocenters. The highest BCUT2D eigenvalue weighted by molar-refractivity contribution is 5.68. The van der Waals surface area contributed by atoms with Crippen molar-refractivity contribution in [2.24, 2.45) is 0 Å². The van der Waals surface area contributed by atoms with E-state index in [2.05, 4.69) is 19.9 Å². The van der Waals surface area contributed by atoms with Gasteiger partial charge in [-0.2, -0.15) is 0 Å². The molecule has 0 saturated heterocycles. The van der Waals surface area contributed by atoms with Crippen LogP contribution in [0.25, 0.3) is 0 Å². The predicted molar refractivity (Wildman–Crippen MR) is 63.7 cm³/mol. The lowest BCUT2D eigenvalue weighted by molar-refractivity contribution is -0.143. The SMILES string of the molecule is C/C=C/C(C)=C(\C)CCCOC(=O)CC. The Morgan fingerprint density at radius 2 is 2.00 bits per heavy atom. The van der Waals surface area contributed by atoms with Gasteiger partial charge >= 0.3 is 5.97 Å². The molecule has 0 aromatic heterocycles. The molecule has 0 rings (SSSR count). The van der Waals surface area contributed by atoms with Gasteiger partial charge in [-0.05, 0) is 33.6 Å². The zero-order chi connectivity index (χ0) is 11.7. The molecule has 0 aromatic carbocycles. The fourth-order valence-electron chi connectivity index (χ4n) is 1.21. The van der Waals surface area contributed by atoms with Gasteiger partial charge < -0.3 is 4.74 Å². The van der Waals surface area contributed by atoms with Crippen molar-refractivity contribution in [3.63, 3.8) is 0 Å². The maximum Gasteiger partial charge on any atom is 0.305 e. The Hall–Kier alpha value is -1.05. The van der Waals surface area contributed by atoms with Crippen molar-refractivity contribution in [3.05, 3.63) is 23.3 Å². The first-order valence-corrected chi connectivity index (χ1v) is 5.56. The van der Waals surface area contributed by atoms with Crippen LogP contribution in [0.5, 0.6) is 0 Å². The average Bonchev–Trinajstić information content (AvgIpc) is 2.23. The van der Waals surface area contributed by atoms with Crippen molar-refractivity contribution >= 4 is 5.97 Å². The summed E-state index contributed by atoms with van der Waals surface area (Å²) in [5.74, 6) is -0.109. The second-order valence-electron chi connectivity index (χ2n) is 3.64. The molecule has 0 aromatic rings.